The van der Waals surface area contributed by atoms with Gasteiger partial charge >= 0.3 is 0 Å². The smallest absolute Gasteiger partial charge is 0.0808 e. The Labute approximate surface area is 86.5 Å². The van der Waals surface area contributed by atoms with Crippen molar-refractivity contribution < 1.29 is 9.47 Å². The Morgan fingerprint density at radius 3 is 3.07 bits per heavy atom. The van der Waals surface area contributed by atoms with Crippen LogP contribution < -0.4 is 5.32 Å². The second-order valence-corrected chi connectivity index (χ2v) is 3.78. The van der Waals surface area contributed by atoms with Crippen molar-refractivity contribution >= 4 is 0 Å². The van der Waals surface area contributed by atoms with E-state index >= 15 is 0 Å². The number of nitrogens with one attached hydrogen (secondary N) is 1. The fraction of sp³-hybridized carbons (Fsp3) is 0.818. The molecule has 0 radical (unpaired) electrons. The highest BCUT2D eigenvalue weighted by Crippen LogP contribution is 2.12. The molecule has 82 valence electrons. The summed E-state index contributed by atoms with van der Waals surface area (Å²) in [6.07, 6.45) is 3.92. The molecule has 1 aliphatic heterocycles. The zero-order chi connectivity index (χ0) is 10.2. The molecular formula is C11H21NO2. The third kappa shape index (κ3) is 4.74. The molecule has 1 N–H and O–H groups in total. The largest absolute Gasteiger partial charge is 0.376 e. The molecule has 1 heterocycles. The van der Waals surface area contributed by atoms with E-state index in [9.17, 15) is 0 Å². The van der Waals surface area contributed by atoms with Crippen LogP contribution in [-0.4, -0.2) is 39.5 Å². The third-order valence-electron chi connectivity index (χ3n) is 2.31. The van der Waals surface area contributed by atoms with Crippen molar-refractivity contribution in [1.29, 1.82) is 0 Å². The van der Waals surface area contributed by atoms with E-state index in [4.69, 9.17) is 9.47 Å². The van der Waals surface area contributed by atoms with Gasteiger partial charge < -0.3 is 14.8 Å². The lowest BCUT2D eigenvalue weighted by Crippen LogP contribution is -2.25. The summed E-state index contributed by atoms with van der Waals surface area (Å²) in [6, 6.07) is 0. The van der Waals surface area contributed by atoms with Crippen LogP contribution in [0, 0.1) is 0 Å². The first-order valence-electron chi connectivity index (χ1n) is 5.33. The summed E-state index contributed by atoms with van der Waals surface area (Å²) in [5, 5.41) is 3.05. The Morgan fingerprint density at radius 1 is 1.57 bits per heavy atom. The number of likely N-dealkylation sites (N-methyl/N-ethyl adjacent to an activating group) is 1. The predicted molar refractivity (Wildman–Crippen MR) is 57.5 cm³/mol. The van der Waals surface area contributed by atoms with E-state index in [0.29, 0.717) is 19.3 Å². The summed E-state index contributed by atoms with van der Waals surface area (Å²) in [6.45, 7) is 6.97. The molecule has 0 saturated carbocycles. The van der Waals surface area contributed by atoms with E-state index in [-0.39, 0.29) is 0 Å². The fourth-order valence-electron chi connectivity index (χ4n) is 1.57. The molecule has 3 heteroatoms. The highest BCUT2D eigenvalue weighted by molar-refractivity contribution is 4.96. The van der Waals surface area contributed by atoms with Crippen LogP contribution in [0.15, 0.2) is 12.2 Å². The van der Waals surface area contributed by atoms with Gasteiger partial charge in [-0.1, -0.05) is 6.58 Å². The first-order valence-corrected chi connectivity index (χ1v) is 5.33. The molecule has 1 atom stereocenters. The summed E-state index contributed by atoms with van der Waals surface area (Å²) in [7, 11) is 1.91. The van der Waals surface area contributed by atoms with E-state index in [1.807, 2.05) is 7.05 Å². The Balaban J connectivity index is 1.99. The van der Waals surface area contributed by atoms with Crippen LogP contribution in [0.2, 0.25) is 0 Å². The molecule has 1 fully saturated rings. The van der Waals surface area contributed by atoms with Gasteiger partial charge in [-0.2, -0.15) is 0 Å². The molecule has 14 heavy (non-hydrogen) atoms. The Hall–Kier alpha value is -0.380. The van der Waals surface area contributed by atoms with Gasteiger partial charge in [0.25, 0.3) is 0 Å². The van der Waals surface area contributed by atoms with Crippen LogP contribution in [0.25, 0.3) is 0 Å². The average Bonchev–Trinajstić information content (AvgIpc) is 2.20. The summed E-state index contributed by atoms with van der Waals surface area (Å²) in [5.41, 5.74) is 1.09. The van der Waals surface area contributed by atoms with Crippen LogP contribution in [0.3, 0.4) is 0 Å². The minimum absolute atomic E-state index is 0.311. The van der Waals surface area contributed by atoms with E-state index in [1.54, 1.807) is 0 Å². The van der Waals surface area contributed by atoms with Gasteiger partial charge in [-0.05, 0) is 31.9 Å². The normalized spacial score (nSPS) is 22.2. The second kappa shape index (κ2) is 6.98. The lowest BCUT2D eigenvalue weighted by Gasteiger charge is -2.22. The van der Waals surface area contributed by atoms with Gasteiger partial charge in [-0.15, -0.1) is 0 Å². The minimum atomic E-state index is 0.311. The van der Waals surface area contributed by atoms with Crippen LogP contribution >= 0.6 is 0 Å². The SMILES string of the molecule is C=C(CNC)COCC1CCCCO1. The van der Waals surface area contributed by atoms with Crippen LogP contribution in [0.4, 0.5) is 0 Å². The van der Waals surface area contributed by atoms with Crippen LogP contribution in [-0.2, 0) is 9.47 Å². The molecule has 1 unspecified atom stereocenters. The molecule has 1 aliphatic rings. The Morgan fingerprint density at radius 2 is 2.43 bits per heavy atom. The third-order valence-corrected chi connectivity index (χ3v) is 2.31. The van der Waals surface area contributed by atoms with Gasteiger partial charge in [0, 0.05) is 13.2 Å². The van der Waals surface area contributed by atoms with E-state index in [0.717, 1.165) is 25.1 Å². The fourth-order valence-corrected chi connectivity index (χ4v) is 1.57. The van der Waals surface area contributed by atoms with Gasteiger partial charge in [0.1, 0.15) is 0 Å². The van der Waals surface area contributed by atoms with Gasteiger partial charge in [0.2, 0.25) is 0 Å². The zero-order valence-corrected chi connectivity index (χ0v) is 9.05. The molecule has 0 bridgehead atoms. The summed E-state index contributed by atoms with van der Waals surface area (Å²) in [4.78, 5) is 0. The molecule has 1 rings (SSSR count). The monoisotopic (exact) mass is 199 g/mol. The molecule has 0 spiro atoms. The predicted octanol–water partition coefficient (Wildman–Crippen LogP) is 1.35. The van der Waals surface area contributed by atoms with Crippen molar-refractivity contribution in [2.45, 2.75) is 25.4 Å². The van der Waals surface area contributed by atoms with Crippen molar-refractivity contribution in [3.05, 3.63) is 12.2 Å². The highest BCUT2D eigenvalue weighted by Gasteiger charge is 2.13. The van der Waals surface area contributed by atoms with Crippen molar-refractivity contribution in [2.75, 3.05) is 33.4 Å². The van der Waals surface area contributed by atoms with Crippen molar-refractivity contribution in [1.82, 2.24) is 5.32 Å². The first-order chi connectivity index (χ1) is 6.83. The van der Waals surface area contributed by atoms with Crippen molar-refractivity contribution in [2.24, 2.45) is 0 Å². The molecule has 1 saturated heterocycles. The zero-order valence-electron chi connectivity index (χ0n) is 9.05. The maximum Gasteiger partial charge on any atom is 0.0808 e. The van der Waals surface area contributed by atoms with Crippen LogP contribution in [0.1, 0.15) is 19.3 Å². The minimum Gasteiger partial charge on any atom is -0.376 e. The van der Waals surface area contributed by atoms with Crippen LogP contribution in [0.5, 0.6) is 0 Å². The number of hydrogen-bond acceptors (Lipinski definition) is 3. The summed E-state index contributed by atoms with van der Waals surface area (Å²) < 4.78 is 11.1. The molecule has 0 aromatic heterocycles. The highest BCUT2D eigenvalue weighted by atomic mass is 16.5. The number of rotatable bonds is 6. The standard InChI is InChI=1S/C11H21NO2/c1-10(7-12-2)8-13-9-11-5-3-4-6-14-11/h11-12H,1,3-9H2,2H3. The molecule has 3 nitrogen and oxygen atoms in total. The van der Waals surface area contributed by atoms with Gasteiger partial charge in [-0.3, -0.25) is 0 Å². The Kier molecular flexibility index (Phi) is 5.83. The summed E-state index contributed by atoms with van der Waals surface area (Å²) in [5.74, 6) is 0. The quantitative estimate of drug-likeness (QED) is 0.655. The van der Waals surface area contributed by atoms with Gasteiger partial charge in [0.15, 0.2) is 0 Å². The van der Waals surface area contributed by atoms with E-state index < -0.39 is 0 Å². The number of ether oxygens (including phenoxy) is 2. The van der Waals surface area contributed by atoms with Gasteiger partial charge in [-0.25, -0.2) is 0 Å². The molecule has 0 aromatic carbocycles. The lowest BCUT2D eigenvalue weighted by molar-refractivity contribution is -0.0365. The maximum absolute atomic E-state index is 5.55. The van der Waals surface area contributed by atoms with Crippen molar-refractivity contribution in [3.63, 3.8) is 0 Å². The van der Waals surface area contributed by atoms with E-state index in [1.165, 1.54) is 12.8 Å². The molecular weight excluding hydrogens is 178 g/mol. The summed E-state index contributed by atoms with van der Waals surface area (Å²) >= 11 is 0. The average molecular weight is 199 g/mol. The lowest BCUT2D eigenvalue weighted by atomic mass is 10.1. The van der Waals surface area contributed by atoms with Gasteiger partial charge in [0.05, 0.1) is 19.3 Å². The van der Waals surface area contributed by atoms with Crippen molar-refractivity contribution in [3.8, 4) is 0 Å². The second-order valence-electron chi connectivity index (χ2n) is 3.78. The first kappa shape index (κ1) is 11.7. The Bertz CT molecular complexity index is 165. The number of hydrogen-bond donors (Lipinski definition) is 1. The van der Waals surface area contributed by atoms with E-state index in [2.05, 4.69) is 11.9 Å². The molecule has 0 amide bonds. The maximum atomic E-state index is 5.55. The molecule has 0 aromatic rings. The topological polar surface area (TPSA) is 30.5 Å². The molecule has 0 aliphatic carbocycles.